The Morgan fingerprint density at radius 2 is 1.96 bits per heavy atom. The highest BCUT2D eigenvalue weighted by Gasteiger charge is 2.33. The zero-order chi connectivity index (χ0) is 17.3. The van der Waals surface area contributed by atoms with Crippen LogP contribution in [0.2, 0.25) is 5.02 Å². The minimum absolute atomic E-state index is 0.100. The van der Waals surface area contributed by atoms with Gasteiger partial charge in [-0.15, -0.1) is 0 Å². The number of benzene rings is 2. The fourth-order valence-corrected chi connectivity index (χ4v) is 2.74. The van der Waals surface area contributed by atoms with E-state index >= 15 is 0 Å². The number of carbonyl (C=O) groups is 2. The molecule has 0 fully saturated rings. The molecule has 1 N–H and O–H groups in total. The van der Waals surface area contributed by atoms with E-state index < -0.39 is 6.04 Å². The Labute approximate surface area is 145 Å². The minimum Gasteiger partial charge on any atom is -0.482 e. The summed E-state index contributed by atoms with van der Waals surface area (Å²) >= 11 is 6.02. The predicted octanol–water partition coefficient (Wildman–Crippen LogP) is 3.40. The summed E-state index contributed by atoms with van der Waals surface area (Å²) < 4.78 is 5.40. The van der Waals surface area contributed by atoms with Crippen LogP contribution < -0.4 is 15.0 Å². The molecule has 0 radical (unpaired) electrons. The average molecular weight is 345 g/mol. The zero-order valence-electron chi connectivity index (χ0n) is 13.4. The Hall–Kier alpha value is -2.53. The van der Waals surface area contributed by atoms with Gasteiger partial charge in [0, 0.05) is 10.7 Å². The maximum Gasteiger partial charge on any atom is 0.265 e. The molecule has 24 heavy (non-hydrogen) atoms. The Balaban J connectivity index is 1.84. The molecule has 1 aliphatic heterocycles. The molecule has 2 aromatic rings. The molecule has 0 bridgehead atoms. The highest BCUT2D eigenvalue weighted by atomic mass is 35.5. The van der Waals surface area contributed by atoms with Gasteiger partial charge in [0.1, 0.15) is 11.8 Å². The lowest BCUT2D eigenvalue weighted by atomic mass is 10.1. The van der Waals surface area contributed by atoms with Crippen molar-refractivity contribution in [3.63, 3.8) is 0 Å². The van der Waals surface area contributed by atoms with Crippen LogP contribution in [0.3, 0.4) is 0 Å². The van der Waals surface area contributed by atoms with Crippen molar-refractivity contribution in [1.29, 1.82) is 0 Å². The standard InChI is InChI=1S/C18H17ClN2O3/c1-11-3-6-14(7-4-11)20-18(23)12(2)21-15-9-13(19)5-8-16(15)24-10-17(21)22/h3-9,12H,10H2,1-2H3,(H,20,23)/t12-/m1/s1. The number of aryl methyl sites for hydroxylation is 1. The molecule has 0 unspecified atom stereocenters. The van der Waals surface area contributed by atoms with Gasteiger partial charge in [0.25, 0.3) is 5.91 Å². The smallest absolute Gasteiger partial charge is 0.265 e. The van der Waals surface area contributed by atoms with Crippen molar-refractivity contribution < 1.29 is 14.3 Å². The van der Waals surface area contributed by atoms with Crippen molar-refractivity contribution in [3.05, 3.63) is 53.1 Å². The summed E-state index contributed by atoms with van der Waals surface area (Å²) in [5, 5.41) is 3.30. The summed E-state index contributed by atoms with van der Waals surface area (Å²) in [5.74, 6) is -0.0228. The molecule has 5 nitrogen and oxygen atoms in total. The van der Waals surface area contributed by atoms with Crippen molar-refractivity contribution >= 4 is 34.8 Å². The lowest BCUT2D eigenvalue weighted by molar-refractivity contribution is -0.125. The molecule has 0 aromatic heterocycles. The maximum atomic E-state index is 12.6. The molecular formula is C18H17ClN2O3. The molecule has 124 valence electrons. The second-order valence-corrected chi connectivity index (χ2v) is 6.13. The fourth-order valence-electron chi connectivity index (χ4n) is 2.57. The first-order valence-corrected chi connectivity index (χ1v) is 7.95. The van der Waals surface area contributed by atoms with Crippen LogP contribution in [-0.2, 0) is 9.59 Å². The van der Waals surface area contributed by atoms with E-state index in [-0.39, 0.29) is 18.4 Å². The molecule has 1 atom stereocenters. The van der Waals surface area contributed by atoms with Crippen molar-refractivity contribution in [3.8, 4) is 5.75 Å². The second-order valence-electron chi connectivity index (χ2n) is 5.70. The number of halogens is 1. The van der Waals surface area contributed by atoms with E-state index in [9.17, 15) is 9.59 Å². The molecule has 0 spiro atoms. The second kappa shape index (κ2) is 6.53. The highest BCUT2D eigenvalue weighted by Crippen LogP contribution is 2.35. The van der Waals surface area contributed by atoms with Gasteiger partial charge >= 0.3 is 0 Å². The van der Waals surface area contributed by atoms with Crippen LogP contribution in [0.1, 0.15) is 12.5 Å². The summed E-state index contributed by atoms with van der Waals surface area (Å²) in [5.41, 5.74) is 2.29. The SMILES string of the molecule is Cc1ccc(NC(=O)[C@@H](C)N2C(=O)COc3ccc(Cl)cc32)cc1. The van der Waals surface area contributed by atoms with Gasteiger partial charge in [-0.05, 0) is 44.2 Å². The lowest BCUT2D eigenvalue weighted by Gasteiger charge is -2.33. The number of fused-ring (bicyclic) bond motifs is 1. The third-order valence-electron chi connectivity index (χ3n) is 3.89. The first-order chi connectivity index (χ1) is 11.5. The average Bonchev–Trinajstić information content (AvgIpc) is 2.56. The van der Waals surface area contributed by atoms with Crippen LogP contribution in [0.15, 0.2) is 42.5 Å². The Morgan fingerprint density at radius 1 is 1.25 bits per heavy atom. The van der Waals surface area contributed by atoms with Crippen molar-refractivity contribution in [2.24, 2.45) is 0 Å². The van der Waals surface area contributed by atoms with E-state index in [1.165, 1.54) is 4.90 Å². The van der Waals surface area contributed by atoms with Gasteiger partial charge < -0.3 is 10.1 Å². The number of nitrogens with one attached hydrogen (secondary N) is 1. The first-order valence-electron chi connectivity index (χ1n) is 7.57. The van der Waals surface area contributed by atoms with Crippen LogP contribution in [0.5, 0.6) is 5.75 Å². The van der Waals surface area contributed by atoms with Crippen molar-refractivity contribution in [2.75, 3.05) is 16.8 Å². The number of ether oxygens (including phenoxy) is 1. The maximum absolute atomic E-state index is 12.6. The van der Waals surface area contributed by atoms with Gasteiger partial charge in [-0.1, -0.05) is 29.3 Å². The molecule has 0 aliphatic carbocycles. The quantitative estimate of drug-likeness (QED) is 0.928. The molecule has 1 aliphatic rings. The molecule has 0 saturated carbocycles. The van der Waals surface area contributed by atoms with Gasteiger partial charge in [-0.25, -0.2) is 0 Å². The number of amides is 2. The fraction of sp³-hybridized carbons (Fsp3) is 0.222. The van der Waals surface area contributed by atoms with Gasteiger partial charge in [-0.2, -0.15) is 0 Å². The van der Waals surface area contributed by atoms with Gasteiger partial charge in [0.05, 0.1) is 5.69 Å². The molecule has 3 rings (SSSR count). The molecule has 2 aromatic carbocycles. The summed E-state index contributed by atoms with van der Waals surface area (Å²) in [6, 6.07) is 11.8. The number of rotatable bonds is 3. The van der Waals surface area contributed by atoms with E-state index in [1.807, 2.05) is 31.2 Å². The normalized spacial score (nSPS) is 14.6. The number of hydrogen-bond acceptors (Lipinski definition) is 3. The van der Waals surface area contributed by atoms with E-state index in [1.54, 1.807) is 25.1 Å². The van der Waals surface area contributed by atoms with Crippen LogP contribution in [-0.4, -0.2) is 24.5 Å². The molecule has 0 saturated heterocycles. The number of nitrogens with zero attached hydrogens (tertiary/aromatic N) is 1. The lowest BCUT2D eigenvalue weighted by Crippen LogP contribution is -2.49. The zero-order valence-corrected chi connectivity index (χ0v) is 14.1. The Morgan fingerprint density at radius 3 is 2.67 bits per heavy atom. The molecule has 2 amide bonds. The van der Waals surface area contributed by atoms with Crippen LogP contribution in [0.25, 0.3) is 0 Å². The van der Waals surface area contributed by atoms with Crippen LogP contribution >= 0.6 is 11.6 Å². The monoisotopic (exact) mass is 344 g/mol. The third-order valence-corrected chi connectivity index (χ3v) is 4.12. The summed E-state index contributed by atoms with van der Waals surface area (Å²) in [6.45, 7) is 3.55. The van der Waals surface area contributed by atoms with E-state index in [0.717, 1.165) is 5.56 Å². The van der Waals surface area contributed by atoms with Gasteiger partial charge in [0.15, 0.2) is 6.61 Å². The molecule has 1 heterocycles. The minimum atomic E-state index is -0.695. The van der Waals surface area contributed by atoms with Crippen LogP contribution in [0.4, 0.5) is 11.4 Å². The summed E-state index contributed by atoms with van der Waals surface area (Å²) in [4.78, 5) is 26.3. The number of carbonyl (C=O) groups excluding carboxylic acids is 2. The first kappa shape index (κ1) is 16.3. The topological polar surface area (TPSA) is 58.6 Å². The summed E-state index contributed by atoms with van der Waals surface area (Å²) in [6.07, 6.45) is 0. The van der Waals surface area contributed by atoms with Crippen molar-refractivity contribution in [2.45, 2.75) is 19.9 Å². The Kier molecular flexibility index (Phi) is 4.44. The largest absolute Gasteiger partial charge is 0.482 e. The van der Waals surface area contributed by atoms with E-state index in [2.05, 4.69) is 5.32 Å². The summed E-state index contributed by atoms with van der Waals surface area (Å²) in [7, 11) is 0. The number of anilines is 2. The van der Waals surface area contributed by atoms with Crippen molar-refractivity contribution in [1.82, 2.24) is 0 Å². The number of hydrogen-bond donors (Lipinski definition) is 1. The molecule has 6 heteroatoms. The van der Waals surface area contributed by atoms with Crippen LogP contribution in [0, 0.1) is 6.92 Å². The highest BCUT2D eigenvalue weighted by molar-refractivity contribution is 6.31. The third kappa shape index (κ3) is 3.21. The van der Waals surface area contributed by atoms with Gasteiger partial charge in [-0.3, -0.25) is 14.5 Å². The van der Waals surface area contributed by atoms with E-state index in [0.29, 0.717) is 22.1 Å². The predicted molar refractivity (Wildman–Crippen MR) is 93.7 cm³/mol. The molecular weight excluding hydrogens is 328 g/mol. The Bertz CT molecular complexity index is 789. The van der Waals surface area contributed by atoms with Gasteiger partial charge in [0.2, 0.25) is 5.91 Å². The van der Waals surface area contributed by atoms with E-state index in [4.69, 9.17) is 16.3 Å².